The van der Waals surface area contributed by atoms with Gasteiger partial charge in [0, 0.05) is 21.3 Å². The summed E-state index contributed by atoms with van der Waals surface area (Å²) in [5.74, 6) is 0.951. The van der Waals surface area contributed by atoms with Crippen LogP contribution in [0.1, 0.15) is 38.3 Å². The molecule has 0 spiro atoms. The molecule has 0 bridgehead atoms. The predicted molar refractivity (Wildman–Crippen MR) is 105 cm³/mol. The molecule has 0 unspecified atom stereocenters. The van der Waals surface area contributed by atoms with Crippen molar-refractivity contribution in [3.63, 3.8) is 0 Å². The molecule has 0 saturated heterocycles. The van der Waals surface area contributed by atoms with E-state index in [0.29, 0.717) is 0 Å². The molecule has 1 heterocycles. The Morgan fingerprint density at radius 2 is 1.62 bits per heavy atom. The highest BCUT2D eigenvalue weighted by atomic mass is 79.9. The summed E-state index contributed by atoms with van der Waals surface area (Å²) in [4.78, 5) is 8.47. The van der Waals surface area contributed by atoms with E-state index in [1.807, 2.05) is 6.07 Å². The highest BCUT2D eigenvalue weighted by molar-refractivity contribution is 9.10. The van der Waals surface area contributed by atoms with Crippen molar-refractivity contribution in [3.8, 4) is 22.6 Å². The van der Waals surface area contributed by atoms with Gasteiger partial charge in [-0.2, -0.15) is 0 Å². The minimum atomic E-state index is 0.951. The number of hydrogen-bond donors (Lipinski definition) is 1. The summed E-state index contributed by atoms with van der Waals surface area (Å²) in [6.45, 7) is 2.25. The summed E-state index contributed by atoms with van der Waals surface area (Å²) in [7, 11) is 0. The largest absolute Gasteiger partial charge is 0.341 e. The molecule has 124 valence electrons. The van der Waals surface area contributed by atoms with Gasteiger partial charge in [-0.3, -0.25) is 0 Å². The van der Waals surface area contributed by atoms with Crippen LogP contribution < -0.4 is 0 Å². The molecule has 0 amide bonds. The number of imidazole rings is 1. The van der Waals surface area contributed by atoms with Gasteiger partial charge in [-0.15, -0.1) is 0 Å². The van der Waals surface area contributed by atoms with E-state index < -0.39 is 0 Å². The summed E-state index contributed by atoms with van der Waals surface area (Å²) >= 11 is 3.49. The second-order valence-corrected chi connectivity index (χ2v) is 7.01. The molecule has 3 aromatic rings. The summed E-state index contributed by atoms with van der Waals surface area (Å²) in [6, 6.07) is 18.8. The smallest absolute Gasteiger partial charge is 0.138 e. The molecular weight excluding hydrogens is 360 g/mol. The van der Waals surface area contributed by atoms with E-state index in [-0.39, 0.29) is 0 Å². The van der Waals surface area contributed by atoms with Crippen LogP contribution in [0.2, 0.25) is 0 Å². The van der Waals surface area contributed by atoms with Crippen LogP contribution in [0.5, 0.6) is 0 Å². The van der Waals surface area contributed by atoms with Gasteiger partial charge in [-0.25, -0.2) is 4.98 Å². The van der Waals surface area contributed by atoms with E-state index in [0.717, 1.165) is 28.0 Å². The Morgan fingerprint density at radius 3 is 2.33 bits per heavy atom. The van der Waals surface area contributed by atoms with Crippen molar-refractivity contribution in [3.05, 3.63) is 64.8 Å². The number of nitrogens with zero attached hydrogens (tertiary/aromatic N) is 1. The fourth-order valence-corrected chi connectivity index (χ4v) is 3.16. The van der Waals surface area contributed by atoms with Crippen LogP contribution in [-0.4, -0.2) is 9.97 Å². The Bertz CT molecular complexity index is 760. The molecule has 0 saturated carbocycles. The molecule has 3 heteroatoms. The van der Waals surface area contributed by atoms with E-state index in [9.17, 15) is 0 Å². The van der Waals surface area contributed by atoms with Crippen LogP contribution >= 0.6 is 15.9 Å². The molecule has 2 aromatic carbocycles. The van der Waals surface area contributed by atoms with Crippen molar-refractivity contribution in [1.82, 2.24) is 9.97 Å². The zero-order valence-corrected chi connectivity index (χ0v) is 15.6. The van der Waals surface area contributed by atoms with Crippen LogP contribution in [0.15, 0.2) is 59.1 Å². The third kappa shape index (κ3) is 4.15. The molecule has 1 aromatic heterocycles. The number of hydrogen-bond acceptors (Lipinski definition) is 1. The fraction of sp³-hybridized carbons (Fsp3) is 0.286. The lowest BCUT2D eigenvalue weighted by Gasteiger charge is -2.02. The number of rotatable bonds is 7. The van der Waals surface area contributed by atoms with Gasteiger partial charge in [0.05, 0.1) is 5.69 Å². The van der Waals surface area contributed by atoms with Crippen molar-refractivity contribution in [2.24, 2.45) is 0 Å². The Kier molecular flexibility index (Phi) is 5.86. The molecule has 0 fully saturated rings. The van der Waals surface area contributed by atoms with Gasteiger partial charge in [-0.1, -0.05) is 84.6 Å². The standard InChI is InChI=1S/C21H23BrN2/c1-2-3-4-8-11-19-20(16-9-6-5-7-10-16)24-21(23-19)17-12-14-18(22)15-13-17/h5-7,9-10,12-15H,2-4,8,11H2,1H3,(H,23,24). The van der Waals surface area contributed by atoms with Crippen molar-refractivity contribution in [2.45, 2.75) is 39.0 Å². The quantitative estimate of drug-likeness (QED) is 0.456. The van der Waals surface area contributed by atoms with E-state index >= 15 is 0 Å². The van der Waals surface area contributed by atoms with Gasteiger partial charge in [0.1, 0.15) is 5.82 Å². The SMILES string of the molecule is CCCCCCc1[nH]c(-c2ccc(Br)cc2)nc1-c1ccccc1. The maximum atomic E-state index is 4.91. The monoisotopic (exact) mass is 382 g/mol. The Morgan fingerprint density at radius 1 is 0.875 bits per heavy atom. The first kappa shape index (κ1) is 17.0. The topological polar surface area (TPSA) is 28.7 Å². The molecule has 1 N–H and O–H groups in total. The average Bonchev–Trinajstić information content (AvgIpc) is 3.04. The normalized spacial score (nSPS) is 10.9. The number of aryl methyl sites for hydroxylation is 1. The highest BCUT2D eigenvalue weighted by Crippen LogP contribution is 2.28. The van der Waals surface area contributed by atoms with Gasteiger partial charge >= 0.3 is 0 Å². The first-order chi connectivity index (χ1) is 11.8. The summed E-state index contributed by atoms with van der Waals surface area (Å²) in [6.07, 6.45) is 6.09. The van der Waals surface area contributed by atoms with E-state index in [2.05, 4.69) is 76.4 Å². The molecule has 0 aliphatic carbocycles. The number of H-pyrrole nitrogens is 1. The summed E-state index contributed by atoms with van der Waals surface area (Å²) < 4.78 is 1.08. The third-order valence-corrected chi connectivity index (χ3v) is 4.75. The van der Waals surface area contributed by atoms with Gasteiger partial charge in [-0.05, 0) is 25.0 Å². The Hall–Kier alpha value is -1.87. The van der Waals surface area contributed by atoms with Crippen LogP contribution in [0.3, 0.4) is 0 Å². The molecule has 24 heavy (non-hydrogen) atoms. The van der Waals surface area contributed by atoms with Crippen LogP contribution in [-0.2, 0) is 6.42 Å². The van der Waals surface area contributed by atoms with Crippen LogP contribution in [0.25, 0.3) is 22.6 Å². The number of benzene rings is 2. The predicted octanol–water partition coefficient (Wildman–Crippen LogP) is 6.63. The minimum absolute atomic E-state index is 0.951. The number of halogens is 1. The Balaban J connectivity index is 1.91. The highest BCUT2D eigenvalue weighted by Gasteiger charge is 2.13. The number of nitrogens with one attached hydrogen (secondary N) is 1. The molecule has 0 aliphatic rings. The first-order valence-electron chi connectivity index (χ1n) is 8.68. The zero-order valence-electron chi connectivity index (χ0n) is 14.1. The fourth-order valence-electron chi connectivity index (χ4n) is 2.90. The van der Waals surface area contributed by atoms with Crippen LogP contribution in [0.4, 0.5) is 0 Å². The van der Waals surface area contributed by atoms with Crippen molar-refractivity contribution >= 4 is 15.9 Å². The summed E-state index contributed by atoms with van der Waals surface area (Å²) in [5, 5.41) is 0. The van der Waals surface area contributed by atoms with Crippen molar-refractivity contribution in [2.75, 3.05) is 0 Å². The molecule has 3 rings (SSSR count). The molecule has 2 nitrogen and oxygen atoms in total. The van der Waals surface area contributed by atoms with Gasteiger partial charge in [0.2, 0.25) is 0 Å². The van der Waals surface area contributed by atoms with Crippen molar-refractivity contribution < 1.29 is 0 Å². The second-order valence-electron chi connectivity index (χ2n) is 6.10. The van der Waals surface area contributed by atoms with Gasteiger partial charge in [0.15, 0.2) is 0 Å². The zero-order chi connectivity index (χ0) is 16.8. The molecule has 0 atom stereocenters. The van der Waals surface area contributed by atoms with Gasteiger partial charge in [0.25, 0.3) is 0 Å². The first-order valence-corrected chi connectivity index (χ1v) is 9.47. The second kappa shape index (κ2) is 8.29. The molecule has 0 radical (unpaired) electrons. The Labute approximate surface area is 152 Å². The summed E-state index contributed by atoms with van der Waals surface area (Å²) in [5.41, 5.74) is 4.64. The van der Waals surface area contributed by atoms with Crippen LogP contribution in [0, 0.1) is 0 Å². The maximum Gasteiger partial charge on any atom is 0.138 e. The number of aromatic nitrogens is 2. The molecule has 0 aliphatic heterocycles. The lowest BCUT2D eigenvalue weighted by atomic mass is 10.1. The van der Waals surface area contributed by atoms with E-state index in [1.165, 1.54) is 36.9 Å². The van der Waals surface area contributed by atoms with Gasteiger partial charge < -0.3 is 4.98 Å². The van der Waals surface area contributed by atoms with E-state index in [4.69, 9.17) is 4.98 Å². The minimum Gasteiger partial charge on any atom is -0.341 e. The third-order valence-electron chi connectivity index (χ3n) is 4.22. The average molecular weight is 383 g/mol. The lowest BCUT2D eigenvalue weighted by Crippen LogP contribution is -1.90. The number of aromatic amines is 1. The lowest BCUT2D eigenvalue weighted by molar-refractivity contribution is 0.662. The molecular formula is C21H23BrN2. The maximum absolute atomic E-state index is 4.91. The van der Waals surface area contributed by atoms with Crippen molar-refractivity contribution in [1.29, 1.82) is 0 Å². The number of unbranched alkanes of at least 4 members (excludes halogenated alkanes) is 3. The van der Waals surface area contributed by atoms with E-state index in [1.54, 1.807) is 0 Å².